The maximum Gasteiger partial charge on any atom is 0.194 e. The Kier molecular flexibility index (Phi) is 1.11. The van der Waals surface area contributed by atoms with E-state index in [1.54, 1.807) is 0 Å². The standard InChI is InChI=1S/C7H5F3/c1-4-2-5(8)7(10)6(9)3-4/h2-3H,1H3/i2D,3D. The monoisotopic (exact) mass is 148 g/mol. The molecule has 0 nitrogen and oxygen atoms in total. The molecule has 0 heterocycles. The Bertz CT molecular complexity index is 231. The first kappa shape index (κ1) is 4.77. The van der Waals surface area contributed by atoms with E-state index in [0.29, 0.717) is 0 Å². The van der Waals surface area contributed by atoms with E-state index in [-0.39, 0.29) is 5.56 Å². The van der Waals surface area contributed by atoms with E-state index in [2.05, 4.69) is 0 Å². The summed E-state index contributed by atoms with van der Waals surface area (Å²) in [6, 6.07) is -1.53. The van der Waals surface area contributed by atoms with Crippen LogP contribution in [0.15, 0.2) is 12.1 Å². The summed E-state index contributed by atoms with van der Waals surface area (Å²) in [5.74, 6) is -4.84. The number of rotatable bonds is 0. The van der Waals surface area contributed by atoms with Crippen LogP contribution in [0.4, 0.5) is 13.2 Å². The second-order valence-corrected chi connectivity index (χ2v) is 1.82. The molecule has 0 saturated carbocycles. The molecule has 0 aliphatic heterocycles. The third-order valence-electron chi connectivity index (χ3n) is 0.980. The highest BCUT2D eigenvalue weighted by Gasteiger charge is 2.07. The summed E-state index contributed by atoms with van der Waals surface area (Å²) in [6.07, 6.45) is 0. The van der Waals surface area contributed by atoms with Crippen molar-refractivity contribution >= 4 is 0 Å². The van der Waals surface area contributed by atoms with Crippen LogP contribution in [0.25, 0.3) is 0 Å². The Balaban J connectivity index is 3.60. The van der Waals surface area contributed by atoms with Gasteiger partial charge in [0, 0.05) is 0 Å². The summed E-state index contributed by atoms with van der Waals surface area (Å²) in [6.45, 7) is 1.19. The minimum atomic E-state index is -1.75. The summed E-state index contributed by atoms with van der Waals surface area (Å²) >= 11 is 0. The van der Waals surface area contributed by atoms with Gasteiger partial charge in [-0.3, -0.25) is 0 Å². The molecule has 1 aromatic rings. The van der Waals surface area contributed by atoms with E-state index in [1.165, 1.54) is 6.92 Å². The van der Waals surface area contributed by atoms with Gasteiger partial charge in [0.25, 0.3) is 0 Å². The molecule has 0 aliphatic carbocycles. The van der Waals surface area contributed by atoms with E-state index in [0.717, 1.165) is 0 Å². The van der Waals surface area contributed by atoms with Crippen LogP contribution in [0.1, 0.15) is 8.30 Å². The number of benzene rings is 1. The third kappa shape index (κ3) is 1.12. The van der Waals surface area contributed by atoms with Gasteiger partial charge in [-0.2, -0.15) is 0 Å². The number of halogens is 3. The molecular weight excluding hydrogens is 141 g/mol. The average molecular weight is 148 g/mol. The van der Waals surface area contributed by atoms with Crippen LogP contribution >= 0.6 is 0 Å². The molecule has 0 atom stereocenters. The molecule has 0 unspecified atom stereocenters. The van der Waals surface area contributed by atoms with Crippen LogP contribution in [0.3, 0.4) is 0 Å². The van der Waals surface area contributed by atoms with E-state index in [1.807, 2.05) is 0 Å². The van der Waals surface area contributed by atoms with Crippen LogP contribution in [-0.4, -0.2) is 0 Å². The van der Waals surface area contributed by atoms with Gasteiger partial charge >= 0.3 is 0 Å². The zero-order valence-corrected chi connectivity index (χ0v) is 5.13. The van der Waals surface area contributed by atoms with Crippen LogP contribution in [0, 0.1) is 24.4 Å². The van der Waals surface area contributed by atoms with Crippen molar-refractivity contribution < 1.29 is 15.9 Å². The van der Waals surface area contributed by atoms with Gasteiger partial charge < -0.3 is 0 Å². The fraction of sp³-hybridized carbons (Fsp3) is 0.143. The van der Waals surface area contributed by atoms with E-state index >= 15 is 0 Å². The second kappa shape index (κ2) is 2.33. The van der Waals surface area contributed by atoms with Gasteiger partial charge in [0.2, 0.25) is 0 Å². The highest BCUT2D eigenvalue weighted by atomic mass is 19.2. The molecule has 0 saturated heterocycles. The van der Waals surface area contributed by atoms with Crippen LogP contribution in [-0.2, 0) is 0 Å². The summed E-state index contributed by atoms with van der Waals surface area (Å²) < 4.78 is 51.4. The normalized spacial score (nSPS) is 12.8. The minimum Gasteiger partial charge on any atom is -0.204 e. The van der Waals surface area contributed by atoms with Gasteiger partial charge in [0.15, 0.2) is 17.5 Å². The zero-order chi connectivity index (χ0) is 9.46. The van der Waals surface area contributed by atoms with Gasteiger partial charge in [-0.25, -0.2) is 13.2 Å². The average Bonchev–Trinajstić information content (AvgIpc) is 2.08. The molecule has 0 radical (unpaired) electrons. The Morgan fingerprint density at radius 3 is 2.00 bits per heavy atom. The molecule has 0 bridgehead atoms. The Hall–Kier alpha value is -0.990. The van der Waals surface area contributed by atoms with Crippen molar-refractivity contribution in [3.8, 4) is 0 Å². The lowest BCUT2D eigenvalue weighted by molar-refractivity contribution is 0.446. The summed E-state index contributed by atoms with van der Waals surface area (Å²) in [7, 11) is 0. The van der Waals surface area contributed by atoms with Crippen molar-refractivity contribution in [1.29, 1.82) is 0 Å². The minimum absolute atomic E-state index is 0.202. The molecule has 54 valence electrons. The van der Waals surface area contributed by atoms with Crippen LogP contribution in [0.5, 0.6) is 0 Å². The Morgan fingerprint density at radius 2 is 1.60 bits per heavy atom. The quantitative estimate of drug-likeness (QED) is 0.495. The molecule has 0 aliphatic rings. The van der Waals surface area contributed by atoms with Crippen LogP contribution in [0.2, 0.25) is 0 Å². The van der Waals surface area contributed by atoms with Crippen molar-refractivity contribution in [1.82, 2.24) is 0 Å². The predicted octanol–water partition coefficient (Wildman–Crippen LogP) is 2.41. The Morgan fingerprint density at radius 1 is 1.20 bits per heavy atom. The topological polar surface area (TPSA) is 0 Å². The lowest BCUT2D eigenvalue weighted by Gasteiger charge is -1.95. The molecule has 1 rings (SSSR count). The summed E-state index contributed by atoms with van der Waals surface area (Å²) in [5, 5.41) is 0. The van der Waals surface area contributed by atoms with Crippen LogP contribution < -0.4 is 0 Å². The molecule has 0 fully saturated rings. The van der Waals surface area contributed by atoms with E-state index in [9.17, 15) is 13.2 Å². The lowest BCUT2D eigenvalue weighted by Crippen LogP contribution is -1.90. The first-order valence-electron chi connectivity index (χ1n) is 3.57. The van der Waals surface area contributed by atoms with Gasteiger partial charge in [-0.15, -0.1) is 0 Å². The van der Waals surface area contributed by atoms with Gasteiger partial charge in [0.05, 0.1) is 2.74 Å². The summed E-state index contributed by atoms with van der Waals surface area (Å²) in [5.41, 5.74) is -0.202. The van der Waals surface area contributed by atoms with Crippen molar-refractivity contribution in [2.24, 2.45) is 0 Å². The lowest BCUT2D eigenvalue weighted by atomic mass is 10.2. The molecule has 0 aromatic heterocycles. The van der Waals surface area contributed by atoms with Gasteiger partial charge in [-0.05, 0) is 24.6 Å². The van der Waals surface area contributed by atoms with Crippen molar-refractivity contribution in [3.63, 3.8) is 0 Å². The molecule has 0 N–H and O–H groups in total. The zero-order valence-electron chi connectivity index (χ0n) is 7.13. The predicted molar refractivity (Wildman–Crippen MR) is 31.1 cm³/mol. The fourth-order valence-electron chi connectivity index (χ4n) is 0.567. The number of hydrogen-bond acceptors (Lipinski definition) is 0. The third-order valence-corrected chi connectivity index (χ3v) is 0.980. The highest BCUT2D eigenvalue weighted by Crippen LogP contribution is 2.11. The van der Waals surface area contributed by atoms with Crippen molar-refractivity contribution in [3.05, 3.63) is 35.1 Å². The van der Waals surface area contributed by atoms with E-state index < -0.39 is 29.5 Å². The SMILES string of the molecule is [2H]c1c(C)c([2H])c(F)c(F)c1F. The highest BCUT2D eigenvalue weighted by molar-refractivity contribution is 5.17. The first-order valence-corrected chi connectivity index (χ1v) is 2.57. The Labute approximate surface area is 59.1 Å². The smallest absolute Gasteiger partial charge is 0.194 e. The van der Waals surface area contributed by atoms with Crippen molar-refractivity contribution in [2.75, 3.05) is 0 Å². The van der Waals surface area contributed by atoms with Crippen molar-refractivity contribution in [2.45, 2.75) is 6.92 Å². The largest absolute Gasteiger partial charge is 0.204 e. The molecular formula is C7H5F3. The molecule has 0 spiro atoms. The van der Waals surface area contributed by atoms with E-state index in [4.69, 9.17) is 2.74 Å². The maximum absolute atomic E-state index is 12.5. The molecule has 3 heteroatoms. The maximum atomic E-state index is 12.5. The first-order chi connectivity index (χ1) is 5.46. The molecule has 10 heavy (non-hydrogen) atoms. The second-order valence-electron chi connectivity index (χ2n) is 1.82. The summed E-state index contributed by atoms with van der Waals surface area (Å²) in [4.78, 5) is 0. The molecule has 1 aromatic carbocycles. The molecule has 0 amide bonds. The fourth-order valence-corrected chi connectivity index (χ4v) is 0.567. The number of hydrogen-bond donors (Lipinski definition) is 0. The van der Waals surface area contributed by atoms with Gasteiger partial charge in [-0.1, -0.05) is 0 Å². The van der Waals surface area contributed by atoms with Gasteiger partial charge in [0.1, 0.15) is 0 Å².